The predicted molar refractivity (Wildman–Crippen MR) is 33.1 cm³/mol. The van der Waals surface area contributed by atoms with E-state index in [2.05, 4.69) is 0 Å². The predicted octanol–water partition coefficient (Wildman–Crippen LogP) is -0.765. The first-order chi connectivity index (χ1) is 4.62. The first kappa shape index (κ1) is 9.26. The average Bonchev–Trinajstić information content (AvgIpc) is 1.89. The van der Waals surface area contributed by atoms with Crippen molar-refractivity contribution in [3.8, 4) is 0 Å². The molecule has 0 heterocycles. The van der Waals surface area contributed by atoms with Gasteiger partial charge in [0.1, 0.15) is 6.29 Å². The minimum absolute atomic E-state index is 0.0534. The molecule has 0 aliphatic rings. The van der Waals surface area contributed by atoms with Gasteiger partial charge in [-0.1, -0.05) is 0 Å². The molecule has 2 N–H and O–H groups in total. The molecule has 0 bridgehead atoms. The van der Waals surface area contributed by atoms with E-state index < -0.39 is 5.79 Å². The maximum absolute atomic E-state index is 9.83. The number of hydrogen-bond acceptors (Lipinski definition) is 4. The zero-order valence-corrected chi connectivity index (χ0v) is 5.49. The molecule has 0 aromatic carbocycles. The van der Waals surface area contributed by atoms with Gasteiger partial charge in [-0.25, -0.2) is 0 Å². The van der Waals surface area contributed by atoms with Crippen molar-refractivity contribution >= 4 is 12.6 Å². The van der Waals surface area contributed by atoms with Gasteiger partial charge in [0, 0.05) is 12.8 Å². The Morgan fingerprint density at radius 2 is 1.90 bits per heavy atom. The number of aldehydes is 2. The van der Waals surface area contributed by atoms with Crippen LogP contribution < -0.4 is 0 Å². The van der Waals surface area contributed by atoms with Crippen LogP contribution >= 0.6 is 0 Å². The fourth-order valence-electron chi connectivity index (χ4n) is 0.504. The van der Waals surface area contributed by atoms with E-state index in [1.54, 1.807) is 0 Å². The molecule has 0 spiro atoms. The van der Waals surface area contributed by atoms with Gasteiger partial charge in [-0.15, -0.1) is 0 Å². The lowest BCUT2D eigenvalue weighted by Crippen LogP contribution is -2.29. The molecule has 0 aliphatic heterocycles. The highest BCUT2D eigenvalue weighted by molar-refractivity contribution is 5.59. The number of aliphatic hydroxyl groups is 2. The minimum Gasteiger partial charge on any atom is -0.360 e. The third kappa shape index (κ3) is 4.17. The number of hydrogen-bond donors (Lipinski definition) is 2. The largest absolute Gasteiger partial charge is 0.360 e. The zero-order valence-electron chi connectivity index (χ0n) is 5.49. The lowest BCUT2D eigenvalue weighted by atomic mass is 10.1. The maximum atomic E-state index is 9.83. The summed E-state index contributed by atoms with van der Waals surface area (Å²) < 4.78 is 0. The van der Waals surface area contributed by atoms with Crippen LogP contribution in [0.2, 0.25) is 0 Å². The topological polar surface area (TPSA) is 74.6 Å². The second-order valence-electron chi connectivity index (χ2n) is 2.06. The monoisotopic (exact) mass is 146 g/mol. The number of unbranched alkanes of at least 4 members (excludes halogenated alkanes) is 1. The quantitative estimate of drug-likeness (QED) is 0.303. The van der Waals surface area contributed by atoms with Crippen LogP contribution in [0.15, 0.2) is 0 Å². The molecule has 0 saturated heterocycles. The van der Waals surface area contributed by atoms with E-state index in [0.717, 1.165) is 0 Å². The number of carbonyl (C=O) groups excluding carboxylic acids is 2. The molecule has 0 atom stereocenters. The van der Waals surface area contributed by atoms with Crippen molar-refractivity contribution in [2.75, 3.05) is 0 Å². The van der Waals surface area contributed by atoms with Gasteiger partial charge < -0.3 is 15.0 Å². The highest BCUT2D eigenvalue weighted by Gasteiger charge is 2.20. The van der Waals surface area contributed by atoms with Crippen molar-refractivity contribution in [3.05, 3.63) is 0 Å². The summed E-state index contributed by atoms with van der Waals surface area (Å²) in [4.78, 5) is 19.6. The first-order valence-corrected chi connectivity index (χ1v) is 2.97. The molecular weight excluding hydrogens is 136 g/mol. The molecule has 58 valence electrons. The lowest BCUT2D eigenvalue weighted by molar-refractivity contribution is -0.171. The lowest BCUT2D eigenvalue weighted by Gasteiger charge is -2.11. The van der Waals surface area contributed by atoms with Crippen molar-refractivity contribution in [3.63, 3.8) is 0 Å². The van der Waals surface area contributed by atoms with Crippen LogP contribution in [0.25, 0.3) is 0 Å². The van der Waals surface area contributed by atoms with Crippen molar-refractivity contribution < 1.29 is 19.8 Å². The van der Waals surface area contributed by atoms with Crippen molar-refractivity contribution in [2.45, 2.75) is 25.0 Å². The molecule has 0 aromatic rings. The molecule has 0 radical (unpaired) electrons. The Labute approximate surface area is 58.5 Å². The van der Waals surface area contributed by atoms with E-state index in [-0.39, 0.29) is 19.1 Å². The fraction of sp³-hybridized carbons (Fsp3) is 0.667. The van der Waals surface area contributed by atoms with Crippen LogP contribution in [0.4, 0.5) is 0 Å². The molecular formula is C6H10O4. The SMILES string of the molecule is O=CCCCC(O)(O)C=O. The van der Waals surface area contributed by atoms with E-state index in [0.29, 0.717) is 12.7 Å². The maximum Gasteiger partial charge on any atom is 0.220 e. The summed E-state index contributed by atoms with van der Waals surface area (Å²) >= 11 is 0. The van der Waals surface area contributed by atoms with Crippen LogP contribution in [0.3, 0.4) is 0 Å². The molecule has 0 aromatic heterocycles. The molecule has 0 aliphatic carbocycles. The summed E-state index contributed by atoms with van der Waals surface area (Å²) in [5, 5.41) is 17.2. The second kappa shape index (κ2) is 4.14. The van der Waals surface area contributed by atoms with Gasteiger partial charge in [-0.2, -0.15) is 0 Å². The third-order valence-electron chi connectivity index (χ3n) is 1.06. The van der Waals surface area contributed by atoms with Crippen LogP contribution in [0.1, 0.15) is 19.3 Å². The van der Waals surface area contributed by atoms with Gasteiger partial charge in [0.05, 0.1) is 0 Å². The van der Waals surface area contributed by atoms with Gasteiger partial charge in [0.25, 0.3) is 0 Å². The molecule has 4 nitrogen and oxygen atoms in total. The molecule has 0 saturated carbocycles. The van der Waals surface area contributed by atoms with E-state index in [1.165, 1.54) is 0 Å². The molecule has 0 unspecified atom stereocenters. The van der Waals surface area contributed by atoms with Gasteiger partial charge in [0.2, 0.25) is 5.79 Å². The Bertz CT molecular complexity index is 119. The van der Waals surface area contributed by atoms with Gasteiger partial charge in [-0.3, -0.25) is 4.79 Å². The van der Waals surface area contributed by atoms with Crippen LogP contribution in [0, 0.1) is 0 Å². The Kier molecular flexibility index (Phi) is 3.83. The standard InChI is InChI=1S/C6H10O4/c7-4-2-1-3-6(9,10)5-8/h4-5,9-10H,1-3H2. The normalized spacial score (nSPS) is 11.0. The summed E-state index contributed by atoms with van der Waals surface area (Å²) in [6.07, 6.45) is 1.19. The van der Waals surface area contributed by atoms with Crippen molar-refractivity contribution in [2.24, 2.45) is 0 Å². The smallest absolute Gasteiger partial charge is 0.220 e. The summed E-state index contributed by atoms with van der Waals surface area (Å²) in [6, 6.07) is 0. The van der Waals surface area contributed by atoms with Gasteiger partial charge in [0.15, 0.2) is 6.29 Å². The van der Waals surface area contributed by atoms with Crippen LogP contribution in [0.5, 0.6) is 0 Å². The third-order valence-corrected chi connectivity index (χ3v) is 1.06. The Balaban J connectivity index is 3.46. The average molecular weight is 146 g/mol. The molecule has 0 rings (SSSR count). The van der Waals surface area contributed by atoms with Gasteiger partial charge >= 0.3 is 0 Å². The van der Waals surface area contributed by atoms with E-state index >= 15 is 0 Å². The first-order valence-electron chi connectivity index (χ1n) is 2.97. The molecule has 0 amide bonds. The number of carbonyl (C=O) groups is 2. The molecule has 4 heteroatoms. The zero-order chi connectivity index (χ0) is 8.04. The van der Waals surface area contributed by atoms with E-state index in [9.17, 15) is 9.59 Å². The second-order valence-corrected chi connectivity index (χ2v) is 2.06. The highest BCUT2D eigenvalue weighted by Crippen LogP contribution is 2.06. The van der Waals surface area contributed by atoms with Crippen LogP contribution in [-0.4, -0.2) is 28.6 Å². The van der Waals surface area contributed by atoms with Crippen molar-refractivity contribution in [1.29, 1.82) is 0 Å². The molecule has 10 heavy (non-hydrogen) atoms. The summed E-state index contributed by atoms with van der Waals surface area (Å²) in [6.45, 7) is 0. The minimum atomic E-state index is -2.25. The highest BCUT2D eigenvalue weighted by atomic mass is 16.5. The van der Waals surface area contributed by atoms with Crippen LogP contribution in [-0.2, 0) is 9.59 Å². The Morgan fingerprint density at radius 3 is 2.30 bits per heavy atom. The summed E-state index contributed by atoms with van der Waals surface area (Å²) in [7, 11) is 0. The Hall–Kier alpha value is -0.740. The summed E-state index contributed by atoms with van der Waals surface area (Å²) in [5.41, 5.74) is 0. The molecule has 0 fully saturated rings. The fourth-order valence-corrected chi connectivity index (χ4v) is 0.504. The Morgan fingerprint density at radius 1 is 1.30 bits per heavy atom. The van der Waals surface area contributed by atoms with E-state index in [1.807, 2.05) is 0 Å². The number of rotatable bonds is 5. The van der Waals surface area contributed by atoms with E-state index in [4.69, 9.17) is 10.2 Å². The van der Waals surface area contributed by atoms with Gasteiger partial charge in [-0.05, 0) is 6.42 Å². The summed E-state index contributed by atoms with van der Waals surface area (Å²) in [5.74, 6) is -2.25. The van der Waals surface area contributed by atoms with Crippen molar-refractivity contribution in [1.82, 2.24) is 0 Å².